The Kier molecular flexibility index (Phi) is 4.45. The molecule has 1 aromatic rings. The monoisotopic (exact) mass is 238 g/mol. The maximum atomic E-state index is 11.9. The minimum absolute atomic E-state index is 0.0310. The molecule has 0 saturated carbocycles. The lowest BCUT2D eigenvalue weighted by Crippen LogP contribution is -2.33. The van der Waals surface area contributed by atoms with E-state index in [1.54, 1.807) is 16.8 Å². The van der Waals surface area contributed by atoms with Crippen LogP contribution in [-0.2, 0) is 6.54 Å². The first-order valence-corrected chi connectivity index (χ1v) is 5.56. The number of terminal acetylenes is 1. The van der Waals surface area contributed by atoms with Gasteiger partial charge >= 0.3 is 0 Å². The molecule has 0 fully saturated rings. The van der Waals surface area contributed by atoms with E-state index in [2.05, 4.69) is 11.2 Å². The Hall–Kier alpha value is -1.40. The summed E-state index contributed by atoms with van der Waals surface area (Å²) in [6, 6.07) is 1.62. The maximum absolute atomic E-state index is 11.9. The van der Waals surface area contributed by atoms with Gasteiger partial charge in [0.2, 0.25) is 0 Å². The SMILES string of the molecule is C#CCC(C)NC(=O)c1cc(Cl)cn1CC. The van der Waals surface area contributed by atoms with Gasteiger partial charge in [0.25, 0.3) is 5.91 Å². The van der Waals surface area contributed by atoms with Crippen LogP contribution in [0.3, 0.4) is 0 Å². The number of amides is 1. The van der Waals surface area contributed by atoms with Gasteiger partial charge in [-0.05, 0) is 19.9 Å². The zero-order valence-electron chi connectivity index (χ0n) is 9.46. The van der Waals surface area contributed by atoms with Crippen LogP contribution in [0.4, 0.5) is 0 Å². The molecule has 1 heterocycles. The molecular formula is C12H15ClN2O. The van der Waals surface area contributed by atoms with Gasteiger partial charge in [-0.3, -0.25) is 4.79 Å². The van der Waals surface area contributed by atoms with Crippen LogP contribution in [0.1, 0.15) is 30.8 Å². The third-order valence-corrected chi connectivity index (χ3v) is 2.44. The largest absolute Gasteiger partial charge is 0.347 e. The van der Waals surface area contributed by atoms with Crippen molar-refractivity contribution < 1.29 is 4.79 Å². The summed E-state index contributed by atoms with van der Waals surface area (Å²) in [5.74, 6) is 2.37. The van der Waals surface area contributed by atoms with Crippen LogP contribution in [0.15, 0.2) is 12.3 Å². The standard InChI is InChI=1S/C12H15ClN2O/c1-4-6-9(3)14-12(16)11-7-10(13)8-15(11)5-2/h1,7-9H,5-6H2,2-3H3,(H,14,16). The third-order valence-electron chi connectivity index (χ3n) is 2.24. The van der Waals surface area contributed by atoms with E-state index < -0.39 is 0 Å². The molecule has 0 aliphatic rings. The van der Waals surface area contributed by atoms with Crippen molar-refractivity contribution >= 4 is 17.5 Å². The summed E-state index contributed by atoms with van der Waals surface area (Å²) in [6.07, 6.45) is 7.43. The highest BCUT2D eigenvalue weighted by Crippen LogP contribution is 2.14. The van der Waals surface area contributed by atoms with Gasteiger partial charge in [0.15, 0.2) is 0 Å². The number of halogens is 1. The maximum Gasteiger partial charge on any atom is 0.268 e. The van der Waals surface area contributed by atoms with E-state index in [9.17, 15) is 4.79 Å². The summed E-state index contributed by atoms with van der Waals surface area (Å²) in [5.41, 5.74) is 0.566. The highest BCUT2D eigenvalue weighted by Gasteiger charge is 2.14. The van der Waals surface area contributed by atoms with Gasteiger partial charge in [-0.25, -0.2) is 0 Å². The number of carbonyl (C=O) groups excluding carboxylic acids is 1. The van der Waals surface area contributed by atoms with Gasteiger partial charge in [0, 0.05) is 25.2 Å². The summed E-state index contributed by atoms with van der Waals surface area (Å²) in [6.45, 7) is 4.54. The van der Waals surface area contributed by atoms with Crippen LogP contribution in [0.5, 0.6) is 0 Å². The normalized spacial score (nSPS) is 11.9. The van der Waals surface area contributed by atoms with Crippen molar-refractivity contribution in [1.29, 1.82) is 0 Å². The molecule has 1 atom stereocenters. The van der Waals surface area contributed by atoms with Crippen LogP contribution < -0.4 is 5.32 Å². The number of aromatic nitrogens is 1. The van der Waals surface area contributed by atoms with Crippen LogP contribution in [0.25, 0.3) is 0 Å². The molecule has 86 valence electrons. The van der Waals surface area contributed by atoms with Crippen molar-refractivity contribution in [2.75, 3.05) is 0 Å². The zero-order chi connectivity index (χ0) is 12.1. The van der Waals surface area contributed by atoms with Gasteiger partial charge in [-0.15, -0.1) is 12.3 Å². The van der Waals surface area contributed by atoms with Crippen molar-refractivity contribution in [2.24, 2.45) is 0 Å². The summed E-state index contributed by atoms with van der Waals surface area (Å²) in [4.78, 5) is 11.9. The second-order valence-corrected chi connectivity index (χ2v) is 4.05. The highest BCUT2D eigenvalue weighted by atomic mass is 35.5. The van der Waals surface area contributed by atoms with E-state index in [1.807, 2.05) is 13.8 Å². The van der Waals surface area contributed by atoms with E-state index in [0.29, 0.717) is 23.7 Å². The first kappa shape index (κ1) is 12.7. The Morgan fingerprint density at radius 1 is 1.75 bits per heavy atom. The summed E-state index contributed by atoms with van der Waals surface area (Å²) < 4.78 is 1.81. The molecule has 0 aromatic carbocycles. The summed E-state index contributed by atoms with van der Waals surface area (Å²) in [5, 5.41) is 3.39. The van der Waals surface area contributed by atoms with Gasteiger partial charge < -0.3 is 9.88 Å². The molecule has 0 radical (unpaired) electrons. The molecule has 1 aromatic heterocycles. The number of rotatable bonds is 4. The third kappa shape index (κ3) is 3.04. The molecule has 0 saturated heterocycles. The molecule has 4 heteroatoms. The number of hydrogen-bond acceptors (Lipinski definition) is 1. The fourth-order valence-electron chi connectivity index (χ4n) is 1.45. The van der Waals surface area contributed by atoms with Gasteiger partial charge in [-0.1, -0.05) is 11.6 Å². The zero-order valence-corrected chi connectivity index (χ0v) is 10.2. The van der Waals surface area contributed by atoms with Crippen molar-refractivity contribution in [3.63, 3.8) is 0 Å². The predicted molar refractivity (Wildman–Crippen MR) is 65.5 cm³/mol. The second-order valence-electron chi connectivity index (χ2n) is 3.61. The lowest BCUT2D eigenvalue weighted by Gasteiger charge is -2.12. The molecule has 0 aliphatic heterocycles. The van der Waals surface area contributed by atoms with E-state index in [-0.39, 0.29) is 11.9 Å². The second kappa shape index (κ2) is 5.62. The van der Waals surface area contributed by atoms with Crippen molar-refractivity contribution in [2.45, 2.75) is 32.9 Å². The number of nitrogens with zero attached hydrogens (tertiary/aromatic N) is 1. The molecule has 1 rings (SSSR count). The molecule has 3 nitrogen and oxygen atoms in total. The van der Waals surface area contributed by atoms with Crippen molar-refractivity contribution in [3.05, 3.63) is 23.0 Å². The van der Waals surface area contributed by atoms with Crippen LogP contribution >= 0.6 is 11.6 Å². The summed E-state index contributed by atoms with van der Waals surface area (Å²) >= 11 is 5.85. The molecule has 0 aliphatic carbocycles. The number of carbonyl (C=O) groups is 1. The Labute approximate surface area is 101 Å². The van der Waals surface area contributed by atoms with Crippen LogP contribution in [-0.4, -0.2) is 16.5 Å². The van der Waals surface area contributed by atoms with E-state index >= 15 is 0 Å². The van der Waals surface area contributed by atoms with Crippen molar-refractivity contribution in [1.82, 2.24) is 9.88 Å². The fourth-order valence-corrected chi connectivity index (χ4v) is 1.67. The van der Waals surface area contributed by atoms with E-state index in [4.69, 9.17) is 18.0 Å². The van der Waals surface area contributed by atoms with Crippen LogP contribution in [0.2, 0.25) is 5.02 Å². The van der Waals surface area contributed by atoms with Gasteiger partial charge in [-0.2, -0.15) is 0 Å². The van der Waals surface area contributed by atoms with Crippen molar-refractivity contribution in [3.8, 4) is 12.3 Å². The van der Waals surface area contributed by atoms with Gasteiger partial charge in [0.05, 0.1) is 5.02 Å². The number of aryl methyl sites for hydroxylation is 1. The summed E-state index contributed by atoms with van der Waals surface area (Å²) in [7, 11) is 0. The number of hydrogen-bond donors (Lipinski definition) is 1. The predicted octanol–water partition coefficient (Wildman–Crippen LogP) is 2.30. The van der Waals surface area contributed by atoms with Crippen LogP contribution in [0, 0.1) is 12.3 Å². The quantitative estimate of drug-likeness (QED) is 0.803. The molecule has 0 bridgehead atoms. The lowest BCUT2D eigenvalue weighted by molar-refractivity contribution is 0.0931. The Morgan fingerprint density at radius 2 is 2.44 bits per heavy atom. The molecule has 0 spiro atoms. The Bertz CT molecular complexity index is 417. The highest BCUT2D eigenvalue weighted by molar-refractivity contribution is 6.31. The Balaban J connectivity index is 2.76. The molecular weight excluding hydrogens is 224 g/mol. The molecule has 1 N–H and O–H groups in total. The molecule has 1 unspecified atom stereocenters. The first-order valence-electron chi connectivity index (χ1n) is 5.18. The average molecular weight is 239 g/mol. The smallest absolute Gasteiger partial charge is 0.268 e. The topological polar surface area (TPSA) is 34.0 Å². The van der Waals surface area contributed by atoms with E-state index in [0.717, 1.165) is 0 Å². The van der Waals surface area contributed by atoms with E-state index in [1.165, 1.54) is 0 Å². The fraction of sp³-hybridized carbons (Fsp3) is 0.417. The molecule has 1 amide bonds. The molecule has 16 heavy (non-hydrogen) atoms. The van der Waals surface area contributed by atoms with Gasteiger partial charge in [0.1, 0.15) is 5.69 Å². The minimum Gasteiger partial charge on any atom is -0.347 e. The minimum atomic E-state index is -0.142. The Morgan fingerprint density at radius 3 is 3.00 bits per heavy atom. The number of nitrogens with one attached hydrogen (secondary N) is 1. The lowest BCUT2D eigenvalue weighted by atomic mass is 10.2. The first-order chi connectivity index (χ1) is 7.58. The average Bonchev–Trinajstić information content (AvgIpc) is 2.59.